The van der Waals surface area contributed by atoms with Gasteiger partial charge in [-0.2, -0.15) is 0 Å². The monoisotopic (exact) mass is 209 g/mol. The van der Waals surface area contributed by atoms with Crippen LogP contribution in [0.2, 0.25) is 5.02 Å². The molecule has 2 rings (SSSR count). The van der Waals surface area contributed by atoms with Gasteiger partial charge in [0.15, 0.2) is 0 Å². The van der Waals surface area contributed by atoms with Crippen molar-refractivity contribution in [3.05, 3.63) is 57.0 Å². The second kappa shape index (κ2) is 3.72. The van der Waals surface area contributed by atoms with Crippen molar-refractivity contribution >= 4 is 11.6 Å². The summed E-state index contributed by atoms with van der Waals surface area (Å²) in [5, 5.41) is 3.25. The quantitative estimate of drug-likeness (QED) is 0.824. The minimum Gasteiger partial charge on any atom is -0.339 e. The maximum Gasteiger partial charge on any atom is 0.357 e. The van der Waals surface area contributed by atoms with Gasteiger partial charge in [0.05, 0.1) is 5.69 Å². The van der Waals surface area contributed by atoms with Crippen LogP contribution in [0.5, 0.6) is 0 Å². The third kappa shape index (κ3) is 2.06. The Labute approximate surface area is 85.3 Å². The normalized spacial score (nSPS) is 10.4. The topological polar surface area (TPSA) is 46.0 Å². The molecule has 0 fully saturated rings. The molecule has 1 N–H and O–H groups in total. The number of H-pyrrole nitrogens is 1. The minimum absolute atomic E-state index is 0.353. The van der Waals surface area contributed by atoms with Crippen molar-refractivity contribution in [1.29, 1.82) is 0 Å². The van der Waals surface area contributed by atoms with E-state index in [4.69, 9.17) is 11.6 Å². The van der Waals surface area contributed by atoms with Crippen LogP contribution >= 0.6 is 11.6 Å². The van der Waals surface area contributed by atoms with Crippen LogP contribution in [0.3, 0.4) is 0 Å². The molecule has 0 bridgehead atoms. The molecule has 2 aromatic rings. The SMILES string of the molecule is O=c1cc(Cc2ccc(Cl)cc2)[nH]o1. The first-order valence-corrected chi connectivity index (χ1v) is 4.54. The van der Waals surface area contributed by atoms with Crippen LogP contribution in [-0.4, -0.2) is 5.16 Å². The van der Waals surface area contributed by atoms with Gasteiger partial charge in [-0.1, -0.05) is 23.7 Å². The van der Waals surface area contributed by atoms with E-state index in [2.05, 4.69) is 9.68 Å². The fourth-order valence-corrected chi connectivity index (χ4v) is 1.35. The number of hydrogen-bond donors (Lipinski definition) is 1. The van der Waals surface area contributed by atoms with E-state index in [-0.39, 0.29) is 5.63 Å². The fourth-order valence-electron chi connectivity index (χ4n) is 1.23. The van der Waals surface area contributed by atoms with Crippen molar-refractivity contribution in [2.24, 2.45) is 0 Å². The van der Waals surface area contributed by atoms with Crippen LogP contribution in [0.25, 0.3) is 0 Å². The Morgan fingerprint density at radius 2 is 2.00 bits per heavy atom. The van der Waals surface area contributed by atoms with Gasteiger partial charge in [-0.25, -0.2) is 9.95 Å². The molecular formula is C10H8ClNO2. The highest BCUT2D eigenvalue weighted by atomic mass is 35.5. The number of rotatable bonds is 2. The third-order valence-electron chi connectivity index (χ3n) is 1.88. The van der Waals surface area contributed by atoms with E-state index >= 15 is 0 Å². The summed E-state index contributed by atoms with van der Waals surface area (Å²) in [6.07, 6.45) is 0.642. The van der Waals surface area contributed by atoms with Crippen LogP contribution in [-0.2, 0) is 6.42 Å². The van der Waals surface area contributed by atoms with E-state index in [1.807, 2.05) is 24.3 Å². The smallest absolute Gasteiger partial charge is 0.339 e. The van der Waals surface area contributed by atoms with E-state index in [0.717, 1.165) is 11.3 Å². The Morgan fingerprint density at radius 1 is 1.29 bits per heavy atom. The summed E-state index contributed by atoms with van der Waals surface area (Å²) < 4.78 is 4.55. The summed E-state index contributed by atoms with van der Waals surface area (Å²) in [5.74, 6) is 0. The van der Waals surface area contributed by atoms with Crippen molar-refractivity contribution in [2.45, 2.75) is 6.42 Å². The van der Waals surface area contributed by atoms with Crippen molar-refractivity contribution in [3.63, 3.8) is 0 Å². The highest BCUT2D eigenvalue weighted by Crippen LogP contribution is 2.11. The summed E-state index contributed by atoms with van der Waals surface area (Å²) in [7, 11) is 0. The number of aromatic amines is 1. The number of hydrogen-bond acceptors (Lipinski definition) is 2. The van der Waals surface area contributed by atoms with Crippen LogP contribution < -0.4 is 5.63 Å². The molecule has 0 saturated heterocycles. The lowest BCUT2D eigenvalue weighted by molar-refractivity contribution is 0.386. The fraction of sp³-hybridized carbons (Fsp3) is 0.100. The van der Waals surface area contributed by atoms with Gasteiger partial charge >= 0.3 is 5.63 Å². The number of benzene rings is 1. The highest BCUT2D eigenvalue weighted by molar-refractivity contribution is 6.30. The minimum atomic E-state index is -0.353. The predicted molar refractivity (Wildman–Crippen MR) is 53.6 cm³/mol. The molecule has 0 aliphatic rings. The van der Waals surface area contributed by atoms with Crippen molar-refractivity contribution in [2.75, 3.05) is 0 Å². The maximum atomic E-state index is 10.7. The number of halogens is 1. The summed E-state index contributed by atoms with van der Waals surface area (Å²) in [6.45, 7) is 0. The molecule has 0 atom stereocenters. The van der Waals surface area contributed by atoms with E-state index < -0.39 is 0 Å². The van der Waals surface area contributed by atoms with E-state index in [9.17, 15) is 4.79 Å². The Kier molecular flexibility index (Phi) is 2.41. The van der Waals surface area contributed by atoms with Gasteiger partial charge in [0, 0.05) is 17.5 Å². The van der Waals surface area contributed by atoms with Crippen LogP contribution in [0.15, 0.2) is 39.6 Å². The molecule has 0 saturated carbocycles. The molecule has 0 aliphatic carbocycles. The number of aromatic nitrogens is 1. The van der Waals surface area contributed by atoms with E-state index in [1.54, 1.807) is 0 Å². The van der Waals surface area contributed by atoms with Gasteiger partial charge in [0.1, 0.15) is 0 Å². The molecular weight excluding hydrogens is 202 g/mol. The predicted octanol–water partition coefficient (Wildman–Crippen LogP) is 2.21. The Balaban J connectivity index is 2.19. The standard InChI is InChI=1S/C10H8ClNO2/c11-8-3-1-7(2-4-8)5-9-6-10(13)14-12-9/h1-4,6,12H,5H2. The first-order chi connectivity index (χ1) is 6.74. The zero-order chi connectivity index (χ0) is 9.97. The average Bonchev–Trinajstić information content (AvgIpc) is 2.56. The van der Waals surface area contributed by atoms with Gasteiger partial charge in [0.2, 0.25) is 0 Å². The first kappa shape index (κ1) is 9.09. The largest absolute Gasteiger partial charge is 0.357 e. The highest BCUT2D eigenvalue weighted by Gasteiger charge is 1.99. The van der Waals surface area contributed by atoms with Crippen molar-refractivity contribution in [1.82, 2.24) is 5.16 Å². The lowest BCUT2D eigenvalue weighted by Crippen LogP contribution is -1.89. The first-order valence-electron chi connectivity index (χ1n) is 4.16. The molecule has 0 amide bonds. The summed E-state index contributed by atoms with van der Waals surface area (Å²) >= 11 is 5.74. The molecule has 0 radical (unpaired) electrons. The molecule has 1 aromatic carbocycles. The summed E-state index contributed by atoms with van der Waals surface area (Å²) in [5.41, 5.74) is 1.48. The summed E-state index contributed by atoms with van der Waals surface area (Å²) in [4.78, 5) is 10.7. The van der Waals surface area contributed by atoms with Crippen LogP contribution in [0.4, 0.5) is 0 Å². The molecule has 14 heavy (non-hydrogen) atoms. The Bertz CT molecular complexity index is 469. The molecule has 4 heteroatoms. The average molecular weight is 210 g/mol. The lowest BCUT2D eigenvalue weighted by Gasteiger charge is -1.97. The molecule has 0 aliphatic heterocycles. The van der Waals surface area contributed by atoms with Gasteiger partial charge < -0.3 is 4.52 Å². The lowest BCUT2D eigenvalue weighted by atomic mass is 10.1. The third-order valence-corrected chi connectivity index (χ3v) is 2.13. The Morgan fingerprint density at radius 3 is 2.57 bits per heavy atom. The molecule has 0 unspecified atom stereocenters. The molecule has 3 nitrogen and oxygen atoms in total. The second-order valence-corrected chi connectivity index (χ2v) is 3.43. The zero-order valence-corrected chi connectivity index (χ0v) is 8.04. The molecule has 1 aromatic heterocycles. The maximum absolute atomic E-state index is 10.7. The van der Waals surface area contributed by atoms with Crippen LogP contribution in [0.1, 0.15) is 11.3 Å². The molecule has 72 valence electrons. The van der Waals surface area contributed by atoms with Crippen molar-refractivity contribution < 1.29 is 4.52 Å². The summed E-state index contributed by atoms with van der Waals surface area (Å²) in [6, 6.07) is 8.89. The van der Waals surface area contributed by atoms with Crippen molar-refractivity contribution in [3.8, 4) is 0 Å². The van der Waals surface area contributed by atoms with E-state index in [0.29, 0.717) is 11.4 Å². The van der Waals surface area contributed by atoms with Gasteiger partial charge in [-0.05, 0) is 17.7 Å². The molecule has 0 spiro atoms. The van der Waals surface area contributed by atoms with Gasteiger partial charge in [0.25, 0.3) is 0 Å². The van der Waals surface area contributed by atoms with Gasteiger partial charge in [-0.15, -0.1) is 0 Å². The van der Waals surface area contributed by atoms with Gasteiger partial charge in [-0.3, -0.25) is 0 Å². The van der Waals surface area contributed by atoms with Crippen LogP contribution in [0, 0.1) is 0 Å². The molecule has 1 heterocycles. The number of nitrogens with one attached hydrogen (secondary N) is 1. The zero-order valence-electron chi connectivity index (χ0n) is 7.29. The second-order valence-electron chi connectivity index (χ2n) is 3.00. The Hall–Kier alpha value is -1.48. The van der Waals surface area contributed by atoms with E-state index in [1.165, 1.54) is 6.07 Å².